The molecule has 1 unspecified atom stereocenters. The molecule has 2 aromatic rings. The van der Waals surface area contributed by atoms with Crippen LogP contribution in [-0.4, -0.2) is 22.9 Å². The summed E-state index contributed by atoms with van der Waals surface area (Å²) in [5.74, 6) is 0.788. The van der Waals surface area contributed by atoms with E-state index in [1.165, 1.54) is 6.42 Å². The lowest BCUT2D eigenvalue weighted by molar-refractivity contribution is 0.553. The van der Waals surface area contributed by atoms with Gasteiger partial charge in [-0.15, -0.1) is 0 Å². The third kappa shape index (κ3) is 2.90. The van der Waals surface area contributed by atoms with Crippen molar-refractivity contribution in [2.24, 2.45) is 16.3 Å². The van der Waals surface area contributed by atoms with Crippen molar-refractivity contribution in [2.75, 3.05) is 6.54 Å². The largest absolute Gasteiger partial charge is 0.376 e. The van der Waals surface area contributed by atoms with E-state index in [0.29, 0.717) is 5.41 Å². The summed E-state index contributed by atoms with van der Waals surface area (Å²) in [4.78, 5) is 11.6. The van der Waals surface area contributed by atoms with Gasteiger partial charge in [0.2, 0.25) is 0 Å². The average Bonchev–Trinajstić information content (AvgIpc) is 2.85. The summed E-state index contributed by atoms with van der Waals surface area (Å²) in [7, 11) is 0. The summed E-state index contributed by atoms with van der Waals surface area (Å²) in [5.41, 5.74) is 3.52. The highest BCUT2D eigenvalue weighted by Gasteiger charge is 2.44. The maximum Gasteiger partial charge on any atom is 0.0927 e. The van der Waals surface area contributed by atoms with Gasteiger partial charge in [-0.25, -0.2) is 9.98 Å². The molecule has 0 bridgehead atoms. The molecule has 0 saturated heterocycles. The molecule has 20 heavy (non-hydrogen) atoms. The monoisotopic (exact) mass is 268 g/mol. The number of aliphatic imine (C=N–C) groups is 1. The molecule has 0 amide bonds. The topological polar surface area (TPSA) is 53.1 Å². The predicted molar refractivity (Wildman–Crippen MR) is 82.1 cm³/mol. The summed E-state index contributed by atoms with van der Waals surface area (Å²) in [6.45, 7) is 5.64. The molecule has 1 aliphatic carbocycles. The van der Waals surface area contributed by atoms with E-state index in [-0.39, 0.29) is 0 Å². The Morgan fingerprint density at radius 2 is 2.15 bits per heavy atom. The van der Waals surface area contributed by atoms with Crippen molar-refractivity contribution in [1.29, 1.82) is 0 Å². The summed E-state index contributed by atoms with van der Waals surface area (Å²) in [6.07, 6.45) is 6.69. The number of hydrogen-bond donors (Lipinski definition) is 2. The molecule has 2 N–H and O–H groups in total. The zero-order valence-corrected chi connectivity index (χ0v) is 11.9. The van der Waals surface area contributed by atoms with E-state index in [9.17, 15) is 0 Å². The number of aromatic amines is 1. The van der Waals surface area contributed by atoms with Gasteiger partial charge in [0.05, 0.1) is 24.0 Å². The molecule has 1 aliphatic rings. The molecular weight excluding hydrogens is 248 g/mol. The Morgan fingerprint density at radius 1 is 1.40 bits per heavy atom. The van der Waals surface area contributed by atoms with Crippen molar-refractivity contribution in [2.45, 2.75) is 20.3 Å². The van der Waals surface area contributed by atoms with Gasteiger partial charge in [-0.2, -0.15) is 0 Å². The molecule has 0 spiro atoms. The number of rotatable bonds is 5. The molecule has 104 valence electrons. The fourth-order valence-corrected chi connectivity index (χ4v) is 2.38. The average molecular weight is 268 g/mol. The zero-order chi connectivity index (χ0) is 14.0. The Morgan fingerprint density at radius 3 is 2.75 bits per heavy atom. The second-order valence-corrected chi connectivity index (χ2v) is 6.06. The fraction of sp³-hybridized carbons (Fsp3) is 0.375. The van der Waals surface area contributed by atoms with Crippen LogP contribution in [0.1, 0.15) is 20.3 Å². The standard InChI is InChI=1S/C16H20N4/c1-16(2)7-13(16)8-17-10-19-14-5-3-12(4-6-14)15-9-18-11-20-15/h3-6,9-11,13H,7-8H2,1-2H3,(H,17,19)(H,18,20). The Labute approximate surface area is 119 Å². The van der Waals surface area contributed by atoms with Crippen LogP contribution in [0.25, 0.3) is 11.3 Å². The van der Waals surface area contributed by atoms with E-state index in [0.717, 1.165) is 29.4 Å². The normalized spacial score (nSPS) is 20.2. The lowest BCUT2D eigenvalue weighted by Gasteiger charge is -2.02. The highest BCUT2D eigenvalue weighted by atomic mass is 14.9. The van der Waals surface area contributed by atoms with Gasteiger partial charge in [0, 0.05) is 18.3 Å². The highest BCUT2D eigenvalue weighted by Crippen LogP contribution is 2.50. The summed E-state index contributed by atoms with van der Waals surface area (Å²) in [5, 5.41) is 3.28. The molecule has 3 rings (SSSR count). The van der Waals surface area contributed by atoms with Crippen LogP contribution in [0.2, 0.25) is 0 Å². The molecule has 1 fully saturated rings. The third-order valence-electron chi connectivity index (χ3n) is 4.05. The number of nitrogens with zero attached hydrogens (tertiary/aromatic N) is 2. The number of hydrogen-bond acceptors (Lipinski definition) is 2. The zero-order valence-electron chi connectivity index (χ0n) is 11.9. The van der Waals surface area contributed by atoms with E-state index in [2.05, 4.69) is 34.1 Å². The Balaban J connectivity index is 1.53. The van der Waals surface area contributed by atoms with Crippen LogP contribution < -0.4 is 5.32 Å². The maximum absolute atomic E-state index is 4.41. The highest BCUT2D eigenvalue weighted by molar-refractivity contribution is 5.65. The molecule has 4 nitrogen and oxygen atoms in total. The first-order valence-electron chi connectivity index (χ1n) is 7.00. The number of benzene rings is 1. The summed E-state index contributed by atoms with van der Waals surface area (Å²) >= 11 is 0. The fourth-order valence-electron chi connectivity index (χ4n) is 2.38. The Bertz CT molecular complexity index is 581. The van der Waals surface area contributed by atoms with Gasteiger partial charge >= 0.3 is 0 Å². The first kappa shape index (κ1) is 12.9. The number of H-pyrrole nitrogens is 1. The van der Waals surface area contributed by atoms with Crippen molar-refractivity contribution in [3.63, 3.8) is 0 Å². The van der Waals surface area contributed by atoms with Crippen LogP contribution in [-0.2, 0) is 0 Å². The third-order valence-corrected chi connectivity index (χ3v) is 4.05. The van der Waals surface area contributed by atoms with Gasteiger partial charge in [-0.1, -0.05) is 26.0 Å². The smallest absolute Gasteiger partial charge is 0.0927 e. The summed E-state index contributed by atoms with van der Waals surface area (Å²) < 4.78 is 0. The maximum atomic E-state index is 4.41. The predicted octanol–water partition coefficient (Wildman–Crippen LogP) is 3.37. The Kier molecular flexibility index (Phi) is 3.30. The molecule has 0 radical (unpaired) electrons. The first-order chi connectivity index (χ1) is 9.65. The summed E-state index contributed by atoms with van der Waals surface area (Å²) in [6, 6.07) is 8.08. The van der Waals surface area contributed by atoms with Crippen LogP contribution in [0.5, 0.6) is 0 Å². The van der Waals surface area contributed by atoms with Gasteiger partial charge in [-0.05, 0) is 29.9 Å². The first-order valence-corrected chi connectivity index (χ1v) is 7.00. The van der Waals surface area contributed by atoms with E-state index >= 15 is 0 Å². The van der Waals surface area contributed by atoms with Crippen LogP contribution in [0.4, 0.5) is 5.69 Å². The molecule has 1 heterocycles. The van der Waals surface area contributed by atoms with Crippen LogP contribution in [0, 0.1) is 11.3 Å². The van der Waals surface area contributed by atoms with Gasteiger partial charge < -0.3 is 10.3 Å². The molecular formula is C16H20N4. The lowest BCUT2D eigenvalue weighted by Crippen LogP contribution is -2.16. The van der Waals surface area contributed by atoms with Crippen molar-refractivity contribution < 1.29 is 0 Å². The second kappa shape index (κ2) is 5.12. The lowest BCUT2D eigenvalue weighted by atomic mass is 10.1. The minimum atomic E-state index is 0.520. The molecule has 1 aromatic carbocycles. The number of imidazole rings is 1. The van der Waals surface area contributed by atoms with Gasteiger partial charge in [0.25, 0.3) is 0 Å². The molecule has 0 aliphatic heterocycles. The van der Waals surface area contributed by atoms with Crippen molar-refractivity contribution >= 4 is 12.0 Å². The number of aromatic nitrogens is 2. The quantitative estimate of drug-likeness (QED) is 0.645. The van der Waals surface area contributed by atoms with Gasteiger partial charge in [0.15, 0.2) is 0 Å². The van der Waals surface area contributed by atoms with Gasteiger partial charge in [-0.3, -0.25) is 0 Å². The van der Waals surface area contributed by atoms with E-state index in [4.69, 9.17) is 0 Å². The van der Waals surface area contributed by atoms with Crippen molar-refractivity contribution in [1.82, 2.24) is 15.3 Å². The minimum absolute atomic E-state index is 0.520. The van der Waals surface area contributed by atoms with Crippen molar-refractivity contribution in [3.05, 3.63) is 36.8 Å². The van der Waals surface area contributed by atoms with Gasteiger partial charge in [0.1, 0.15) is 0 Å². The van der Waals surface area contributed by atoms with Crippen LogP contribution in [0.15, 0.2) is 41.8 Å². The van der Waals surface area contributed by atoms with Crippen LogP contribution >= 0.6 is 0 Å². The van der Waals surface area contributed by atoms with E-state index in [1.807, 2.05) is 30.5 Å². The Hall–Kier alpha value is -2.10. The van der Waals surface area contributed by atoms with E-state index in [1.54, 1.807) is 12.7 Å². The molecule has 4 heteroatoms. The van der Waals surface area contributed by atoms with E-state index < -0.39 is 0 Å². The molecule has 1 saturated carbocycles. The SMILES string of the molecule is CC1(C)CC1CNC=Nc1ccc(-c2c[nH]cn2)cc1. The molecule has 1 aromatic heterocycles. The minimum Gasteiger partial charge on any atom is -0.376 e. The number of nitrogens with one attached hydrogen (secondary N) is 2. The molecule has 1 atom stereocenters. The van der Waals surface area contributed by atoms with Crippen molar-refractivity contribution in [3.8, 4) is 11.3 Å². The second-order valence-electron chi connectivity index (χ2n) is 6.06. The van der Waals surface area contributed by atoms with Crippen LogP contribution in [0.3, 0.4) is 0 Å².